The molecule has 1 atom stereocenters. The average molecular weight is 295 g/mol. The Balaban J connectivity index is 2.00. The van der Waals surface area contributed by atoms with E-state index in [-0.39, 0.29) is 11.9 Å². The molecule has 0 fully saturated rings. The summed E-state index contributed by atoms with van der Waals surface area (Å²) < 4.78 is 0. The van der Waals surface area contributed by atoms with Gasteiger partial charge in [-0.1, -0.05) is 17.7 Å². The van der Waals surface area contributed by atoms with Gasteiger partial charge >= 0.3 is 0 Å². The van der Waals surface area contributed by atoms with Crippen molar-refractivity contribution in [2.75, 3.05) is 0 Å². The summed E-state index contributed by atoms with van der Waals surface area (Å²) in [6.07, 6.45) is 2.34. The SMILES string of the molecule is Cc1cc(Cl)c(C(=O)NC(C)Cc2cccs2)cn1. The van der Waals surface area contributed by atoms with Crippen LogP contribution in [-0.4, -0.2) is 16.9 Å². The fraction of sp³-hybridized carbons (Fsp3) is 0.286. The molecule has 0 radical (unpaired) electrons. The summed E-state index contributed by atoms with van der Waals surface area (Å²) >= 11 is 7.74. The fourth-order valence-corrected chi connectivity index (χ4v) is 2.90. The first-order chi connectivity index (χ1) is 9.06. The van der Waals surface area contributed by atoms with E-state index in [1.807, 2.05) is 25.3 Å². The van der Waals surface area contributed by atoms with E-state index in [1.165, 1.54) is 11.1 Å². The minimum Gasteiger partial charge on any atom is -0.349 e. The largest absolute Gasteiger partial charge is 0.349 e. The lowest BCUT2D eigenvalue weighted by Gasteiger charge is -2.13. The fourth-order valence-electron chi connectivity index (χ4n) is 1.78. The van der Waals surface area contributed by atoms with E-state index < -0.39 is 0 Å². The van der Waals surface area contributed by atoms with Gasteiger partial charge in [0, 0.05) is 29.2 Å². The maximum atomic E-state index is 12.1. The molecule has 0 bridgehead atoms. The number of thiophene rings is 1. The minimum absolute atomic E-state index is 0.0588. The first-order valence-corrected chi connectivity index (χ1v) is 7.27. The molecule has 0 aliphatic rings. The molecule has 0 aliphatic heterocycles. The molecule has 1 amide bonds. The van der Waals surface area contributed by atoms with Gasteiger partial charge in [0.2, 0.25) is 0 Å². The number of halogens is 1. The number of carbonyl (C=O) groups is 1. The molecule has 1 unspecified atom stereocenters. The van der Waals surface area contributed by atoms with Gasteiger partial charge in [-0.2, -0.15) is 0 Å². The van der Waals surface area contributed by atoms with Gasteiger partial charge in [0.1, 0.15) is 0 Å². The van der Waals surface area contributed by atoms with Crippen LogP contribution in [0.15, 0.2) is 29.8 Å². The smallest absolute Gasteiger partial charge is 0.254 e. The van der Waals surface area contributed by atoms with Crippen molar-refractivity contribution in [3.8, 4) is 0 Å². The zero-order valence-corrected chi connectivity index (χ0v) is 12.4. The third kappa shape index (κ3) is 3.78. The van der Waals surface area contributed by atoms with Gasteiger partial charge < -0.3 is 5.32 Å². The number of aromatic nitrogens is 1. The van der Waals surface area contributed by atoms with Crippen molar-refractivity contribution in [2.24, 2.45) is 0 Å². The molecule has 2 aromatic rings. The van der Waals surface area contributed by atoms with Gasteiger partial charge in [-0.05, 0) is 31.4 Å². The first kappa shape index (κ1) is 14.0. The van der Waals surface area contributed by atoms with Crippen LogP contribution in [0.1, 0.15) is 27.9 Å². The molecular formula is C14H15ClN2OS. The number of nitrogens with one attached hydrogen (secondary N) is 1. The number of hydrogen-bond acceptors (Lipinski definition) is 3. The Morgan fingerprint density at radius 1 is 1.58 bits per heavy atom. The van der Waals surface area contributed by atoms with Crippen LogP contribution in [0.5, 0.6) is 0 Å². The molecule has 2 aromatic heterocycles. The third-order valence-corrected chi connectivity index (χ3v) is 3.91. The number of hydrogen-bond donors (Lipinski definition) is 1. The van der Waals surface area contributed by atoms with Crippen LogP contribution in [0.4, 0.5) is 0 Å². The van der Waals surface area contributed by atoms with Crippen molar-refractivity contribution in [1.82, 2.24) is 10.3 Å². The van der Waals surface area contributed by atoms with Crippen molar-refractivity contribution < 1.29 is 4.79 Å². The summed E-state index contributed by atoms with van der Waals surface area (Å²) in [6.45, 7) is 3.82. The summed E-state index contributed by atoms with van der Waals surface area (Å²) in [4.78, 5) is 17.4. The number of amides is 1. The highest BCUT2D eigenvalue weighted by atomic mass is 35.5. The van der Waals surface area contributed by atoms with Gasteiger partial charge in [-0.3, -0.25) is 9.78 Å². The zero-order chi connectivity index (χ0) is 13.8. The third-order valence-electron chi connectivity index (χ3n) is 2.70. The first-order valence-electron chi connectivity index (χ1n) is 6.01. The average Bonchev–Trinajstić information content (AvgIpc) is 2.81. The van der Waals surface area contributed by atoms with Gasteiger partial charge in [-0.15, -0.1) is 11.3 Å². The van der Waals surface area contributed by atoms with Gasteiger partial charge in [0.05, 0.1) is 10.6 Å². The van der Waals surface area contributed by atoms with Crippen LogP contribution in [0.25, 0.3) is 0 Å². The number of aryl methyl sites for hydroxylation is 1. The van der Waals surface area contributed by atoms with Crippen molar-refractivity contribution in [2.45, 2.75) is 26.3 Å². The number of pyridine rings is 1. The van der Waals surface area contributed by atoms with Crippen LogP contribution in [0.3, 0.4) is 0 Å². The predicted molar refractivity (Wildman–Crippen MR) is 78.9 cm³/mol. The maximum Gasteiger partial charge on any atom is 0.254 e. The lowest BCUT2D eigenvalue weighted by atomic mass is 10.2. The summed E-state index contributed by atoms with van der Waals surface area (Å²) in [5, 5.41) is 5.41. The molecule has 3 nitrogen and oxygen atoms in total. The molecule has 0 saturated heterocycles. The normalized spacial score (nSPS) is 12.2. The summed E-state index contributed by atoms with van der Waals surface area (Å²) in [5.74, 6) is -0.179. The second kappa shape index (κ2) is 6.17. The summed E-state index contributed by atoms with van der Waals surface area (Å²) in [6, 6.07) is 5.83. The highest BCUT2D eigenvalue weighted by Gasteiger charge is 2.14. The molecule has 100 valence electrons. The van der Waals surface area contributed by atoms with Crippen molar-refractivity contribution in [1.29, 1.82) is 0 Å². The Morgan fingerprint density at radius 2 is 2.37 bits per heavy atom. The van der Waals surface area contributed by atoms with Gasteiger partial charge in [0.15, 0.2) is 0 Å². The molecule has 5 heteroatoms. The summed E-state index contributed by atoms with van der Waals surface area (Å²) in [5.41, 5.74) is 1.22. The Bertz CT molecular complexity index is 569. The molecule has 0 aromatic carbocycles. The van der Waals surface area contributed by atoms with Crippen LogP contribution in [-0.2, 0) is 6.42 Å². The lowest BCUT2D eigenvalue weighted by Crippen LogP contribution is -2.34. The molecule has 0 saturated carbocycles. The standard InChI is InChI=1S/C14H15ClN2OS/c1-9-7-13(15)12(8-16-9)14(18)17-10(2)6-11-4-3-5-19-11/h3-5,7-8,10H,6H2,1-2H3,(H,17,18). The lowest BCUT2D eigenvalue weighted by molar-refractivity contribution is 0.0940. The Hall–Kier alpha value is -1.39. The molecule has 2 rings (SSSR count). The molecule has 1 N–H and O–H groups in total. The van der Waals surface area contributed by atoms with Gasteiger partial charge in [0.25, 0.3) is 5.91 Å². The second-order valence-electron chi connectivity index (χ2n) is 4.46. The van der Waals surface area contributed by atoms with Crippen molar-refractivity contribution in [3.05, 3.63) is 50.9 Å². The highest BCUT2D eigenvalue weighted by Crippen LogP contribution is 2.16. The van der Waals surface area contributed by atoms with E-state index in [0.29, 0.717) is 10.6 Å². The molecular weight excluding hydrogens is 280 g/mol. The Labute approximate surface area is 121 Å². The monoisotopic (exact) mass is 294 g/mol. The molecule has 0 aliphatic carbocycles. The Morgan fingerprint density at radius 3 is 3.00 bits per heavy atom. The Kier molecular flexibility index (Phi) is 4.56. The minimum atomic E-state index is -0.179. The van der Waals surface area contributed by atoms with E-state index in [2.05, 4.69) is 16.4 Å². The quantitative estimate of drug-likeness (QED) is 0.938. The second-order valence-corrected chi connectivity index (χ2v) is 5.90. The number of carbonyl (C=O) groups excluding carboxylic acids is 1. The van der Waals surface area contributed by atoms with E-state index in [1.54, 1.807) is 17.4 Å². The van der Waals surface area contributed by atoms with Crippen molar-refractivity contribution in [3.63, 3.8) is 0 Å². The van der Waals surface area contributed by atoms with Crippen LogP contribution in [0.2, 0.25) is 5.02 Å². The van der Waals surface area contributed by atoms with E-state index in [0.717, 1.165) is 12.1 Å². The number of nitrogens with zero attached hydrogens (tertiary/aromatic N) is 1. The maximum absolute atomic E-state index is 12.1. The molecule has 19 heavy (non-hydrogen) atoms. The van der Waals surface area contributed by atoms with E-state index in [9.17, 15) is 4.79 Å². The summed E-state index contributed by atoms with van der Waals surface area (Å²) in [7, 11) is 0. The van der Waals surface area contributed by atoms with Crippen LogP contribution >= 0.6 is 22.9 Å². The van der Waals surface area contributed by atoms with E-state index in [4.69, 9.17) is 11.6 Å². The highest BCUT2D eigenvalue weighted by molar-refractivity contribution is 7.09. The molecule has 2 heterocycles. The van der Waals surface area contributed by atoms with Gasteiger partial charge in [-0.25, -0.2) is 0 Å². The molecule has 0 spiro atoms. The zero-order valence-electron chi connectivity index (χ0n) is 10.8. The van der Waals surface area contributed by atoms with Crippen LogP contribution in [0, 0.1) is 6.92 Å². The van der Waals surface area contributed by atoms with Crippen LogP contribution < -0.4 is 5.32 Å². The van der Waals surface area contributed by atoms with Crippen molar-refractivity contribution >= 4 is 28.8 Å². The topological polar surface area (TPSA) is 42.0 Å². The number of rotatable bonds is 4. The predicted octanol–water partition coefficient (Wildman–Crippen LogP) is 3.47. The van der Waals surface area contributed by atoms with E-state index >= 15 is 0 Å².